The lowest BCUT2D eigenvalue weighted by Gasteiger charge is -2.04. The van der Waals surface area contributed by atoms with Crippen molar-refractivity contribution in [3.8, 4) is 0 Å². The summed E-state index contributed by atoms with van der Waals surface area (Å²) in [6.45, 7) is 0.292. The molecule has 0 saturated heterocycles. The van der Waals surface area contributed by atoms with Crippen LogP contribution in [0.5, 0.6) is 0 Å². The molecule has 0 unspecified atom stereocenters. The van der Waals surface area contributed by atoms with Crippen molar-refractivity contribution in [3.05, 3.63) is 23.8 Å². The third-order valence-corrected chi connectivity index (χ3v) is 2.12. The summed E-state index contributed by atoms with van der Waals surface area (Å²) in [7, 11) is 0. The molecule has 0 spiro atoms. The highest BCUT2D eigenvalue weighted by atomic mass is 16.1. The van der Waals surface area contributed by atoms with Gasteiger partial charge in [-0.1, -0.05) is 0 Å². The maximum atomic E-state index is 11.0. The zero-order valence-corrected chi connectivity index (χ0v) is 7.54. The maximum Gasteiger partial charge on any atom is 0.228 e. The second-order valence-electron chi connectivity index (χ2n) is 3.14. The number of carbonyl (C=O) groups excluding carboxylic acids is 2. The highest BCUT2D eigenvalue weighted by molar-refractivity contribution is 5.99. The van der Waals surface area contributed by atoms with Crippen LogP contribution in [0.3, 0.4) is 0 Å². The minimum atomic E-state index is 0.0209. The summed E-state index contributed by atoms with van der Waals surface area (Å²) in [6, 6.07) is 5.57. The summed E-state index contributed by atoms with van der Waals surface area (Å²) < 4.78 is 0. The summed E-state index contributed by atoms with van der Waals surface area (Å²) in [6.07, 6.45) is 1.22. The van der Waals surface area contributed by atoms with Crippen LogP contribution < -0.4 is 10.6 Å². The predicted octanol–water partition coefficient (Wildman–Crippen LogP) is 0.792. The highest BCUT2D eigenvalue weighted by Gasteiger charge is 2.16. The van der Waals surface area contributed by atoms with Crippen LogP contribution in [0.4, 0.5) is 11.4 Å². The molecule has 0 aromatic heterocycles. The van der Waals surface area contributed by atoms with Crippen molar-refractivity contribution in [1.82, 2.24) is 0 Å². The van der Waals surface area contributed by atoms with Gasteiger partial charge in [0.05, 0.1) is 13.0 Å². The number of benzene rings is 1. The van der Waals surface area contributed by atoms with Crippen molar-refractivity contribution in [3.63, 3.8) is 0 Å². The van der Waals surface area contributed by atoms with E-state index < -0.39 is 0 Å². The molecule has 0 bridgehead atoms. The summed E-state index contributed by atoms with van der Waals surface area (Å²) in [4.78, 5) is 21.2. The van der Waals surface area contributed by atoms with Gasteiger partial charge in [-0.05, 0) is 23.8 Å². The molecule has 0 atom stereocenters. The zero-order valence-electron chi connectivity index (χ0n) is 7.54. The predicted molar refractivity (Wildman–Crippen MR) is 53.3 cm³/mol. The number of rotatable bonds is 3. The van der Waals surface area contributed by atoms with Gasteiger partial charge in [-0.3, -0.25) is 4.79 Å². The summed E-state index contributed by atoms with van der Waals surface area (Å²) in [5.74, 6) is 0.0209. The highest BCUT2D eigenvalue weighted by Crippen LogP contribution is 2.25. The van der Waals surface area contributed by atoms with Gasteiger partial charge in [0, 0.05) is 11.4 Å². The quantitative estimate of drug-likeness (QED) is 0.693. The number of hydrogen-bond donors (Lipinski definition) is 2. The van der Waals surface area contributed by atoms with Crippen LogP contribution in [-0.4, -0.2) is 18.7 Å². The van der Waals surface area contributed by atoms with Crippen molar-refractivity contribution < 1.29 is 9.59 Å². The topological polar surface area (TPSA) is 58.2 Å². The Bertz CT molecular complexity index is 388. The summed E-state index contributed by atoms with van der Waals surface area (Å²) in [5.41, 5.74) is 2.71. The van der Waals surface area contributed by atoms with Gasteiger partial charge in [-0.2, -0.15) is 0 Å². The van der Waals surface area contributed by atoms with Crippen LogP contribution in [0.1, 0.15) is 5.56 Å². The molecule has 14 heavy (non-hydrogen) atoms. The second kappa shape index (κ2) is 3.49. The number of aldehydes is 1. The fourth-order valence-electron chi connectivity index (χ4n) is 1.50. The lowest BCUT2D eigenvalue weighted by molar-refractivity contribution is -0.115. The van der Waals surface area contributed by atoms with Crippen LogP contribution >= 0.6 is 0 Å². The van der Waals surface area contributed by atoms with Crippen molar-refractivity contribution in [2.45, 2.75) is 6.42 Å². The minimum Gasteiger partial charge on any atom is -0.378 e. The molecule has 0 radical (unpaired) electrons. The van der Waals surface area contributed by atoms with Crippen LogP contribution in [-0.2, 0) is 16.0 Å². The zero-order chi connectivity index (χ0) is 9.97. The molecule has 1 aliphatic rings. The number of fused-ring (bicyclic) bond motifs is 1. The van der Waals surface area contributed by atoms with E-state index in [1.165, 1.54) is 0 Å². The molecule has 4 nitrogen and oxygen atoms in total. The molecule has 0 fully saturated rings. The molecule has 1 amide bonds. The minimum absolute atomic E-state index is 0.0209. The first-order chi connectivity index (χ1) is 6.79. The number of carbonyl (C=O) groups is 2. The lowest BCUT2D eigenvalue weighted by Crippen LogP contribution is -2.03. The van der Waals surface area contributed by atoms with Gasteiger partial charge in [-0.25, -0.2) is 0 Å². The van der Waals surface area contributed by atoms with Gasteiger partial charge in [0.15, 0.2) is 0 Å². The second-order valence-corrected chi connectivity index (χ2v) is 3.14. The third-order valence-electron chi connectivity index (χ3n) is 2.12. The van der Waals surface area contributed by atoms with Crippen molar-refractivity contribution >= 4 is 23.6 Å². The monoisotopic (exact) mass is 190 g/mol. The van der Waals surface area contributed by atoms with E-state index in [1.54, 1.807) is 0 Å². The molecule has 1 aromatic carbocycles. The van der Waals surface area contributed by atoms with Gasteiger partial charge in [0.1, 0.15) is 6.29 Å². The van der Waals surface area contributed by atoms with Crippen LogP contribution in [0.15, 0.2) is 18.2 Å². The molecular weight excluding hydrogens is 180 g/mol. The van der Waals surface area contributed by atoms with Crippen molar-refractivity contribution in [2.75, 3.05) is 17.2 Å². The average Bonchev–Trinajstić information content (AvgIpc) is 2.54. The molecule has 72 valence electrons. The van der Waals surface area contributed by atoms with Crippen LogP contribution in [0.25, 0.3) is 0 Å². The largest absolute Gasteiger partial charge is 0.378 e. The molecule has 2 N–H and O–H groups in total. The van der Waals surface area contributed by atoms with Gasteiger partial charge in [0.2, 0.25) is 5.91 Å². The maximum absolute atomic E-state index is 11.0. The van der Waals surface area contributed by atoms with Crippen molar-refractivity contribution in [2.24, 2.45) is 0 Å². The number of anilines is 2. The molecule has 0 aliphatic carbocycles. The SMILES string of the molecule is O=CCNc1ccc2c(c1)CC(=O)N2. The van der Waals surface area contributed by atoms with E-state index in [1.807, 2.05) is 18.2 Å². The standard InChI is InChI=1S/C10H10N2O2/c13-4-3-11-8-1-2-9-7(5-8)6-10(14)12-9/h1-2,4-5,11H,3,6H2,(H,12,14). The van der Waals surface area contributed by atoms with Crippen molar-refractivity contribution in [1.29, 1.82) is 0 Å². The average molecular weight is 190 g/mol. The van der Waals surface area contributed by atoms with E-state index in [4.69, 9.17) is 0 Å². The molecule has 0 saturated carbocycles. The molecule has 1 aliphatic heterocycles. The molecule has 1 heterocycles. The Hall–Kier alpha value is -1.84. The van der Waals surface area contributed by atoms with E-state index in [-0.39, 0.29) is 5.91 Å². The number of nitrogens with one attached hydrogen (secondary N) is 2. The smallest absolute Gasteiger partial charge is 0.228 e. The first-order valence-electron chi connectivity index (χ1n) is 4.40. The number of amides is 1. The van der Waals surface area contributed by atoms with E-state index in [2.05, 4.69) is 10.6 Å². The normalized spacial score (nSPS) is 13.3. The van der Waals surface area contributed by atoms with E-state index >= 15 is 0 Å². The van der Waals surface area contributed by atoms with Crippen LogP contribution in [0, 0.1) is 0 Å². The molecule has 2 rings (SSSR count). The fourth-order valence-corrected chi connectivity index (χ4v) is 1.50. The molecule has 4 heteroatoms. The first-order valence-corrected chi connectivity index (χ1v) is 4.40. The molecular formula is C10H10N2O2. The van der Waals surface area contributed by atoms with Gasteiger partial charge < -0.3 is 15.4 Å². The summed E-state index contributed by atoms with van der Waals surface area (Å²) >= 11 is 0. The van der Waals surface area contributed by atoms with E-state index in [9.17, 15) is 9.59 Å². The van der Waals surface area contributed by atoms with Gasteiger partial charge in [-0.15, -0.1) is 0 Å². The van der Waals surface area contributed by atoms with E-state index in [0.29, 0.717) is 13.0 Å². The fraction of sp³-hybridized carbons (Fsp3) is 0.200. The van der Waals surface area contributed by atoms with E-state index in [0.717, 1.165) is 23.2 Å². The Balaban J connectivity index is 2.19. The number of hydrogen-bond acceptors (Lipinski definition) is 3. The summed E-state index contributed by atoms with van der Waals surface area (Å²) in [5, 5.41) is 5.68. The van der Waals surface area contributed by atoms with Gasteiger partial charge in [0.25, 0.3) is 0 Å². The van der Waals surface area contributed by atoms with Crippen LogP contribution in [0.2, 0.25) is 0 Å². The Morgan fingerprint density at radius 3 is 3.14 bits per heavy atom. The Kier molecular flexibility index (Phi) is 2.18. The first kappa shape index (κ1) is 8.74. The lowest BCUT2D eigenvalue weighted by atomic mass is 10.1. The Labute approximate surface area is 81.3 Å². The third kappa shape index (κ3) is 1.59. The van der Waals surface area contributed by atoms with Gasteiger partial charge >= 0.3 is 0 Å². The Morgan fingerprint density at radius 1 is 1.50 bits per heavy atom. The Morgan fingerprint density at radius 2 is 2.36 bits per heavy atom. The molecule has 1 aromatic rings.